The van der Waals surface area contributed by atoms with E-state index in [1.807, 2.05) is 18.2 Å². The van der Waals surface area contributed by atoms with Gasteiger partial charge in [0.1, 0.15) is 0 Å². The van der Waals surface area contributed by atoms with Crippen LogP contribution in [0, 0.1) is 0 Å². The standard InChI is InChI=1S/C11H13N3OS/c1-12-11(16)14(2)13-8-10(15)9-6-4-3-5-7-9/h3-8H,1-2H3,(H,12,16)/b13-8-. The molecule has 0 heterocycles. The van der Waals surface area contributed by atoms with Gasteiger partial charge >= 0.3 is 0 Å². The third-order valence-corrected chi connectivity index (χ3v) is 2.38. The molecule has 1 rings (SSSR count). The Morgan fingerprint density at radius 3 is 2.62 bits per heavy atom. The number of hydrogen-bond acceptors (Lipinski definition) is 3. The van der Waals surface area contributed by atoms with Crippen molar-refractivity contribution in [3.63, 3.8) is 0 Å². The van der Waals surface area contributed by atoms with Crippen molar-refractivity contribution in [3.05, 3.63) is 35.9 Å². The molecule has 0 unspecified atom stereocenters. The van der Waals surface area contributed by atoms with E-state index in [9.17, 15) is 4.79 Å². The Morgan fingerprint density at radius 1 is 1.44 bits per heavy atom. The molecule has 5 heteroatoms. The second-order valence-corrected chi connectivity index (χ2v) is 3.44. The molecule has 1 aromatic carbocycles. The van der Waals surface area contributed by atoms with Crippen molar-refractivity contribution in [2.75, 3.05) is 14.1 Å². The number of benzene rings is 1. The molecule has 0 saturated carbocycles. The van der Waals surface area contributed by atoms with Gasteiger partial charge in [0.15, 0.2) is 5.11 Å². The third-order valence-electron chi connectivity index (χ3n) is 1.91. The summed E-state index contributed by atoms with van der Waals surface area (Å²) in [6.45, 7) is 0. The van der Waals surface area contributed by atoms with Crippen LogP contribution >= 0.6 is 12.2 Å². The largest absolute Gasteiger partial charge is 0.364 e. The first-order valence-electron chi connectivity index (χ1n) is 4.74. The van der Waals surface area contributed by atoms with E-state index in [2.05, 4.69) is 10.4 Å². The van der Waals surface area contributed by atoms with Gasteiger partial charge in [0, 0.05) is 19.7 Å². The van der Waals surface area contributed by atoms with Crippen molar-refractivity contribution >= 4 is 29.3 Å². The molecule has 16 heavy (non-hydrogen) atoms. The molecule has 0 fully saturated rings. The minimum atomic E-state index is -0.147. The van der Waals surface area contributed by atoms with E-state index >= 15 is 0 Å². The first-order valence-corrected chi connectivity index (χ1v) is 5.14. The highest BCUT2D eigenvalue weighted by Crippen LogP contribution is 1.98. The van der Waals surface area contributed by atoms with Gasteiger partial charge in [-0.15, -0.1) is 0 Å². The highest BCUT2D eigenvalue weighted by molar-refractivity contribution is 7.80. The number of hydrazone groups is 1. The molecule has 0 radical (unpaired) electrons. The average Bonchev–Trinajstić information content (AvgIpc) is 2.35. The van der Waals surface area contributed by atoms with E-state index < -0.39 is 0 Å². The van der Waals surface area contributed by atoms with Crippen molar-refractivity contribution in [1.82, 2.24) is 10.3 Å². The van der Waals surface area contributed by atoms with E-state index in [1.54, 1.807) is 26.2 Å². The van der Waals surface area contributed by atoms with Crippen LogP contribution in [-0.2, 0) is 0 Å². The van der Waals surface area contributed by atoms with E-state index in [0.29, 0.717) is 10.7 Å². The summed E-state index contributed by atoms with van der Waals surface area (Å²) in [4.78, 5) is 11.6. The fraction of sp³-hybridized carbons (Fsp3) is 0.182. The van der Waals surface area contributed by atoms with Crippen LogP contribution in [0.15, 0.2) is 35.4 Å². The number of hydrogen-bond donors (Lipinski definition) is 1. The van der Waals surface area contributed by atoms with Crippen LogP contribution in [0.5, 0.6) is 0 Å². The molecule has 0 bridgehead atoms. The summed E-state index contributed by atoms with van der Waals surface area (Å²) in [6.07, 6.45) is 1.25. The number of Topliss-reactive ketones (excluding diaryl/α,β-unsaturated/α-hetero) is 1. The van der Waals surface area contributed by atoms with Gasteiger partial charge in [0.25, 0.3) is 0 Å². The molecule has 0 saturated heterocycles. The van der Waals surface area contributed by atoms with Crippen LogP contribution in [0.25, 0.3) is 0 Å². The number of thiocarbonyl (C=S) groups is 1. The van der Waals surface area contributed by atoms with Gasteiger partial charge < -0.3 is 5.32 Å². The van der Waals surface area contributed by atoms with Crippen molar-refractivity contribution in [2.24, 2.45) is 5.10 Å². The summed E-state index contributed by atoms with van der Waals surface area (Å²) in [7, 11) is 3.38. The predicted molar refractivity (Wildman–Crippen MR) is 68.7 cm³/mol. The Labute approximate surface area is 100.0 Å². The molecule has 0 aliphatic carbocycles. The number of nitrogens with zero attached hydrogens (tertiary/aromatic N) is 2. The molecular formula is C11H13N3OS. The van der Waals surface area contributed by atoms with Crippen molar-refractivity contribution < 1.29 is 4.79 Å². The molecular weight excluding hydrogens is 222 g/mol. The second kappa shape index (κ2) is 5.97. The van der Waals surface area contributed by atoms with Gasteiger partial charge in [0.2, 0.25) is 5.78 Å². The minimum Gasteiger partial charge on any atom is -0.364 e. The van der Waals surface area contributed by atoms with Crippen molar-refractivity contribution in [3.8, 4) is 0 Å². The molecule has 4 nitrogen and oxygen atoms in total. The van der Waals surface area contributed by atoms with E-state index in [0.717, 1.165) is 0 Å². The van der Waals surface area contributed by atoms with E-state index in [-0.39, 0.29) is 5.78 Å². The second-order valence-electron chi connectivity index (χ2n) is 3.05. The Bertz CT molecular complexity index is 403. The summed E-state index contributed by atoms with van der Waals surface area (Å²) < 4.78 is 0. The summed E-state index contributed by atoms with van der Waals surface area (Å²) in [5, 5.41) is 8.57. The molecule has 1 N–H and O–H groups in total. The number of carbonyl (C=O) groups is 1. The van der Waals surface area contributed by atoms with Gasteiger partial charge in [-0.25, -0.2) is 5.01 Å². The SMILES string of the molecule is CNC(=S)N(C)/N=C\C(=O)c1ccccc1. The van der Waals surface area contributed by atoms with Crippen LogP contribution in [0.4, 0.5) is 0 Å². The number of carbonyl (C=O) groups excluding carboxylic acids is 1. The molecule has 0 spiro atoms. The van der Waals surface area contributed by atoms with Crippen molar-refractivity contribution in [1.29, 1.82) is 0 Å². The monoisotopic (exact) mass is 235 g/mol. The van der Waals surface area contributed by atoms with Gasteiger partial charge in [0.05, 0.1) is 6.21 Å². The zero-order valence-corrected chi connectivity index (χ0v) is 9.99. The first-order chi connectivity index (χ1) is 7.65. The normalized spacial score (nSPS) is 10.1. The topological polar surface area (TPSA) is 44.7 Å². The lowest BCUT2D eigenvalue weighted by atomic mass is 10.1. The number of ketones is 1. The Morgan fingerprint density at radius 2 is 2.06 bits per heavy atom. The van der Waals surface area contributed by atoms with Crippen LogP contribution in [0.1, 0.15) is 10.4 Å². The summed E-state index contributed by atoms with van der Waals surface area (Å²) >= 11 is 4.94. The minimum absolute atomic E-state index is 0.147. The molecule has 0 aromatic heterocycles. The Kier molecular flexibility index (Phi) is 4.60. The smallest absolute Gasteiger partial charge is 0.205 e. The highest BCUT2D eigenvalue weighted by atomic mass is 32.1. The maximum Gasteiger partial charge on any atom is 0.205 e. The predicted octanol–water partition coefficient (Wildman–Crippen LogP) is 1.29. The average molecular weight is 235 g/mol. The number of rotatable bonds is 3. The Hall–Kier alpha value is -1.75. The highest BCUT2D eigenvalue weighted by Gasteiger charge is 2.02. The summed E-state index contributed by atoms with van der Waals surface area (Å²) in [5.74, 6) is -0.147. The zero-order chi connectivity index (χ0) is 12.0. The van der Waals surface area contributed by atoms with Gasteiger partial charge in [-0.3, -0.25) is 4.79 Å². The molecule has 84 valence electrons. The van der Waals surface area contributed by atoms with Gasteiger partial charge in [-0.1, -0.05) is 30.3 Å². The molecule has 0 aliphatic heterocycles. The molecule has 0 amide bonds. The quantitative estimate of drug-likeness (QED) is 0.371. The van der Waals surface area contributed by atoms with Crippen molar-refractivity contribution in [2.45, 2.75) is 0 Å². The lowest BCUT2D eigenvalue weighted by Gasteiger charge is -2.12. The molecule has 1 aromatic rings. The fourth-order valence-electron chi connectivity index (χ4n) is 1.03. The lowest BCUT2D eigenvalue weighted by molar-refractivity contribution is 0.106. The van der Waals surface area contributed by atoms with Gasteiger partial charge in [-0.05, 0) is 12.2 Å². The van der Waals surface area contributed by atoms with Crippen LogP contribution < -0.4 is 5.32 Å². The first kappa shape index (κ1) is 12.3. The molecule has 0 atom stereocenters. The maximum absolute atomic E-state index is 11.6. The fourth-order valence-corrected chi connectivity index (χ4v) is 1.08. The van der Waals surface area contributed by atoms with E-state index in [1.165, 1.54) is 11.2 Å². The number of nitrogens with one attached hydrogen (secondary N) is 1. The third kappa shape index (κ3) is 3.43. The van der Waals surface area contributed by atoms with E-state index in [4.69, 9.17) is 12.2 Å². The van der Waals surface area contributed by atoms with Crippen LogP contribution in [-0.4, -0.2) is 36.2 Å². The summed E-state index contributed by atoms with van der Waals surface area (Å²) in [5.41, 5.74) is 0.607. The summed E-state index contributed by atoms with van der Waals surface area (Å²) in [6, 6.07) is 8.96. The maximum atomic E-state index is 11.6. The Balaban J connectivity index is 2.65. The van der Waals surface area contributed by atoms with Gasteiger partial charge in [-0.2, -0.15) is 5.10 Å². The van der Waals surface area contributed by atoms with Crippen LogP contribution in [0.2, 0.25) is 0 Å². The molecule has 0 aliphatic rings. The van der Waals surface area contributed by atoms with Crippen LogP contribution in [0.3, 0.4) is 0 Å². The zero-order valence-electron chi connectivity index (χ0n) is 9.18. The lowest BCUT2D eigenvalue weighted by Crippen LogP contribution is -2.31.